The van der Waals surface area contributed by atoms with Crippen molar-refractivity contribution < 1.29 is 34.2 Å². The number of carbonyl (C=O) groups excluding carboxylic acids is 3. The molecule has 0 saturated heterocycles. The highest BCUT2D eigenvalue weighted by molar-refractivity contribution is 5.95. The number of rotatable bonds is 17. The lowest BCUT2D eigenvalue weighted by atomic mass is 9.96. The Balaban J connectivity index is 3.08. The summed E-state index contributed by atoms with van der Waals surface area (Å²) >= 11 is 0. The normalized spacial score (nSPS) is 14.5. The van der Waals surface area contributed by atoms with Gasteiger partial charge in [-0.05, 0) is 24.3 Å². The summed E-state index contributed by atoms with van der Waals surface area (Å²) in [4.78, 5) is 65.4. The van der Waals surface area contributed by atoms with E-state index < -0.39 is 66.2 Å². The number of guanidine groups is 1. The first kappa shape index (κ1) is 32.8. The monoisotopic (exact) mass is 549 g/mol. The molecule has 0 aliphatic rings. The number of amides is 3. The van der Waals surface area contributed by atoms with Crippen LogP contribution < -0.4 is 33.2 Å². The van der Waals surface area contributed by atoms with Crippen LogP contribution in [0.5, 0.6) is 0 Å². The highest BCUT2D eigenvalue weighted by Gasteiger charge is 2.33. The van der Waals surface area contributed by atoms with Crippen molar-refractivity contribution in [1.82, 2.24) is 16.0 Å². The summed E-state index contributed by atoms with van der Waals surface area (Å²) in [6, 6.07) is 3.92. The van der Waals surface area contributed by atoms with Gasteiger partial charge in [-0.25, -0.2) is 4.79 Å². The van der Waals surface area contributed by atoms with Crippen molar-refractivity contribution in [2.75, 3.05) is 6.54 Å². The van der Waals surface area contributed by atoms with Crippen LogP contribution in [0.3, 0.4) is 0 Å². The highest BCUT2D eigenvalue weighted by Crippen LogP contribution is 2.11. The molecule has 216 valence electrons. The Hall–Kier alpha value is -4.20. The molecule has 0 heterocycles. The molecule has 0 spiro atoms. The van der Waals surface area contributed by atoms with Crippen molar-refractivity contribution >= 4 is 35.6 Å². The molecule has 3 amide bonds. The molecule has 0 aliphatic heterocycles. The second-order valence-electron chi connectivity index (χ2n) is 9.18. The van der Waals surface area contributed by atoms with Crippen molar-refractivity contribution in [3.8, 4) is 0 Å². The maximum Gasteiger partial charge on any atom is 0.326 e. The summed E-state index contributed by atoms with van der Waals surface area (Å²) in [5.41, 5.74) is 17.3. The minimum atomic E-state index is -1.68. The van der Waals surface area contributed by atoms with Gasteiger partial charge in [0.15, 0.2) is 5.96 Å². The molecule has 1 aromatic carbocycles. The molecule has 39 heavy (non-hydrogen) atoms. The van der Waals surface area contributed by atoms with Gasteiger partial charge < -0.3 is 43.4 Å². The average molecular weight is 550 g/mol. The Kier molecular flexibility index (Phi) is 14.0. The third-order valence-electron chi connectivity index (χ3n) is 6.01. The smallest absolute Gasteiger partial charge is 0.326 e. The largest absolute Gasteiger partial charge is 0.481 e. The van der Waals surface area contributed by atoms with Gasteiger partial charge in [0.05, 0.1) is 12.5 Å². The second-order valence-corrected chi connectivity index (χ2v) is 9.18. The maximum atomic E-state index is 13.4. The maximum absolute atomic E-state index is 13.4. The third kappa shape index (κ3) is 12.3. The fourth-order valence-electron chi connectivity index (χ4n) is 3.58. The molecule has 0 saturated carbocycles. The van der Waals surface area contributed by atoms with Gasteiger partial charge in [-0.1, -0.05) is 50.6 Å². The van der Waals surface area contributed by atoms with Gasteiger partial charge in [-0.3, -0.25) is 24.2 Å². The van der Waals surface area contributed by atoms with Crippen molar-refractivity contribution in [3.63, 3.8) is 0 Å². The van der Waals surface area contributed by atoms with E-state index in [1.807, 2.05) is 0 Å². The molecule has 0 radical (unpaired) electrons. The lowest BCUT2D eigenvalue weighted by Gasteiger charge is -2.28. The summed E-state index contributed by atoms with van der Waals surface area (Å²) in [6.45, 7) is 3.73. The van der Waals surface area contributed by atoms with E-state index in [1.165, 1.54) is 0 Å². The van der Waals surface area contributed by atoms with Gasteiger partial charge in [0.2, 0.25) is 17.7 Å². The predicted molar refractivity (Wildman–Crippen MR) is 143 cm³/mol. The van der Waals surface area contributed by atoms with Crippen molar-refractivity contribution in [2.24, 2.45) is 28.1 Å². The second kappa shape index (κ2) is 16.6. The summed E-state index contributed by atoms with van der Waals surface area (Å²) in [6.07, 6.45) is 0.367. The number of nitrogens with zero attached hydrogens (tertiary/aromatic N) is 1. The lowest BCUT2D eigenvalue weighted by Crippen LogP contribution is -2.59. The van der Waals surface area contributed by atoms with Crippen LogP contribution in [0.4, 0.5) is 0 Å². The lowest BCUT2D eigenvalue weighted by molar-refractivity contribution is -0.147. The average Bonchev–Trinajstić information content (AvgIpc) is 2.88. The van der Waals surface area contributed by atoms with E-state index in [0.29, 0.717) is 12.8 Å². The van der Waals surface area contributed by atoms with Crippen LogP contribution in [0.15, 0.2) is 35.3 Å². The number of carboxylic acid groups (broad SMARTS) is 2. The Labute approximate surface area is 226 Å². The molecule has 0 aromatic heterocycles. The summed E-state index contributed by atoms with van der Waals surface area (Å²) in [5, 5.41) is 25.7. The molecule has 5 unspecified atom stereocenters. The number of carbonyl (C=O) groups is 5. The van der Waals surface area contributed by atoms with E-state index in [0.717, 1.165) is 5.56 Å². The minimum Gasteiger partial charge on any atom is -0.481 e. The molecule has 0 fully saturated rings. The van der Waals surface area contributed by atoms with Gasteiger partial charge in [-0.2, -0.15) is 0 Å². The molecule has 14 nitrogen and oxygen atoms in total. The number of benzene rings is 1. The molecule has 0 bridgehead atoms. The molecular weight excluding hydrogens is 510 g/mol. The van der Waals surface area contributed by atoms with Crippen LogP contribution in [0.25, 0.3) is 0 Å². The highest BCUT2D eigenvalue weighted by atomic mass is 16.4. The Morgan fingerprint density at radius 2 is 1.54 bits per heavy atom. The van der Waals surface area contributed by atoms with E-state index >= 15 is 0 Å². The van der Waals surface area contributed by atoms with Gasteiger partial charge in [0.1, 0.15) is 18.1 Å². The van der Waals surface area contributed by atoms with Gasteiger partial charge in [0.25, 0.3) is 0 Å². The topological polar surface area (TPSA) is 252 Å². The Bertz CT molecular complexity index is 1020. The first-order valence-electron chi connectivity index (χ1n) is 12.6. The fraction of sp³-hybridized carbons (Fsp3) is 0.520. The number of nitrogens with two attached hydrogens (primary N) is 3. The van der Waals surface area contributed by atoms with Gasteiger partial charge in [0, 0.05) is 13.0 Å². The predicted octanol–water partition coefficient (Wildman–Crippen LogP) is -1.33. The summed E-state index contributed by atoms with van der Waals surface area (Å²) in [5.74, 6) is -5.59. The molecule has 14 heteroatoms. The number of nitrogens with one attached hydrogen (secondary N) is 3. The van der Waals surface area contributed by atoms with E-state index in [1.54, 1.807) is 44.2 Å². The molecule has 1 aromatic rings. The van der Waals surface area contributed by atoms with E-state index in [9.17, 15) is 29.1 Å². The van der Waals surface area contributed by atoms with Crippen LogP contribution in [0.1, 0.15) is 45.1 Å². The van der Waals surface area contributed by atoms with Crippen LogP contribution in [0, 0.1) is 5.92 Å². The number of carboxylic acids is 2. The first-order valence-corrected chi connectivity index (χ1v) is 12.6. The number of aliphatic imine (C=N–C) groups is 1. The third-order valence-corrected chi connectivity index (χ3v) is 6.01. The van der Waals surface area contributed by atoms with E-state index in [2.05, 4.69) is 20.9 Å². The van der Waals surface area contributed by atoms with Crippen molar-refractivity contribution in [1.29, 1.82) is 0 Å². The van der Waals surface area contributed by atoms with Crippen molar-refractivity contribution in [3.05, 3.63) is 35.9 Å². The van der Waals surface area contributed by atoms with Crippen LogP contribution in [-0.4, -0.2) is 76.5 Å². The number of aliphatic carboxylic acids is 2. The zero-order valence-corrected chi connectivity index (χ0v) is 22.1. The Morgan fingerprint density at radius 1 is 0.923 bits per heavy atom. The van der Waals surface area contributed by atoms with E-state index in [4.69, 9.17) is 22.3 Å². The van der Waals surface area contributed by atoms with Crippen LogP contribution >= 0.6 is 0 Å². The van der Waals surface area contributed by atoms with E-state index in [-0.39, 0.29) is 25.3 Å². The van der Waals surface area contributed by atoms with Crippen LogP contribution in [-0.2, 0) is 30.4 Å². The SMILES string of the molecule is CCC(C)C(NC(=O)C(Cc1ccccc1)NC(=O)C(N)CCCN=C(N)N)C(=O)NC(CC(=O)O)C(=O)O. The molecule has 0 aliphatic carbocycles. The Morgan fingerprint density at radius 3 is 2.08 bits per heavy atom. The minimum absolute atomic E-state index is 0.0786. The van der Waals surface area contributed by atoms with Crippen molar-refractivity contribution in [2.45, 2.75) is 70.1 Å². The quantitative estimate of drug-likeness (QED) is 0.0645. The molecule has 1 rings (SSSR count). The molecule has 11 N–H and O–H groups in total. The fourth-order valence-corrected chi connectivity index (χ4v) is 3.58. The first-order chi connectivity index (χ1) is 18.3. The molecular formula is C25H39N7O7. The summed E-state index contributed by atoms with van der Waals surface area (Å²) < 4.78 is 0. The standard InChI is InChI=1S/C25H39N7O7/c1-3-14(2)20(23(37)31-18(24(38)39)13-19(33)34)32-22(36)17(12-15-8-5-4-6-9-15)30-21(35)16(26)10-7-11-29-25(27)28/h4-6,8-9,14,16-18,20H,3,7,10-13,26H2,1-2H3,(H,30,35)(H,31,37)(H,32,36)(H,33,34)(H,38,39)(H4,27,28,29). The zero-order valence-electron chi connectivity index (χ0n) is 22.1. The number of hydrogen-bond acceptors (Lipinski definition) is 7. The zero-order chi connectivity index (χ0) is 29.5. The van der Waals surface area contributed by atoms with Crippen LogP contribution in [0.2, 0.25) is 0 Å². The molecule has 5 atom stereocenters. The summed E-state index contributed by atoms with van der Waals surface area (Å²) in [7, 11) is 0. The van der Waals surface area contributed by atoms with Gasteiger partial charge in [-0.15, -0.1) is 0 Å². The van der Waals surface area contributed by atoms with Gasteiger partial charge >= 0.3 is 11.9 Å². The number of hydrogen-bond donors (Lipinski definition) is 8.